The van der Waals surface area contributed by atoms with Crippen molar-refractivity contribution in [2.75, 3.05) is 7.11 Å². The lowest BCUT2D eigenvalue weighted by molar-refractivity contribution is -0.180. The van der Waals surface area contributed by atoms with Crippen molar-refractivity contribution in [2.24, 2.45) is 5.92 Å². The number of ether oxygens (including phenoxy) is 1. The molecule has 14 heavy (non-hydrogen) atoms. The minimum atomic E-state index is -1.53. The summed E-state index contributed by atoms with van der Waals surface area (Å²) in [5.74, 6) is -1.70. The molecule has 1 aliphatic rings. The number of carbonyl (C=O) groups excluding carboxylic acids is 1. The zero-order valence-electron chi connectivity index (χ0n) is 7.70. The van der Waals surface area contributed by atoms with Gasteiger partial charge in [0.05, 0.1) is 25.2 Å². The molecule has 3 unspecified atom stereocenters. The fraction of sp³-hybridized carbons (Fsp3) is 0.875. The molecule has 5 atom stereocenters. The van der Waals surface area contributed by atoms with E-state index in [4.69, 9.17) is 0 Å². The Kier molecular flexibility index (Phi) is 3.43. The lowest BCUT2D eigenvalue weighted by Gasteiger charge is -2.36. The molecule has 4 N–H and O–H groups in total. The molecule has 0 amide bonds. The Balaban J connectivity index is 2.75. The maximum Gasteiger partial charge on any atom is 0.311 e. The molecule has 0 aromatic carbocycles. The van der Waals surface area contributed by atoms with Crippen LogP contribution >= 0.6 is 0 Å². The zero-order chi connectivity index (χ0) is 10.9. The second-order valence-corrected chi connectivity index (χ2v) is 3.40. The molecule has 0 aromatic heterocycles. The SMILES string of the molecule is COC(=O)C1CC(O)[C@@H](O)C(O)[C@H]1O. The highest BCUT2D eigenvalue weighted by molar-refractivity contribution is 5.73. The Hall–Kier alpha value is -0.690. The van der Waals surface area contributed by atoms with Gasteiger partial charge in [-0.25, -0.2) is 0 Å². The molecule has 1 fully saturated rings. The van der Waals surface area contributed by atoms with E-state index < -0.39 is 36.3 Å². The summed E-state index contributed by atoms with van der Waals surface area (Å²) in [5, 5.41) is 37.1. The lowest BCUT2D eigenvalue weighted by Crippen LogP contribution is -2.55. The average molecular weight is 206 g/mol. The smallest absolute Gasteiger partial charge is 0.311 e. The van der Waals surface area contributed by atoms with Crippen LogP contribution in [0.15, 0.2) is 0 Å². The van der Waals surface area contributed by atoms with Crippen molar-refractivity contribution in [3.63, 3.8) is 0 Å². The maximum atomic E-state index is 11.1. The fourth-order valence-electron chi connectivity index (χ4n) is 1.59. The Morgan fingerprint density at radius 3 is 2.21 bits per heavy atom. The first-order chi connectivity index (χ1) is 6.49. The molecular weight excluding hydrogens is 192 g/mol. The van der Waals surface area contributed by atoms with E-state index in [1.54, 1.807) is 0 Å². The van der Waals surface area contributed by atoms with E-state index in [1.165, 1.54) is 0 Å². The number of aliphatic hydroxyl groups excluding tert-OH is 4. The summed E-state index contributed by atoms with van der Waals surface area (Å²) in [7, 11) is 1.15. The monoisotopic (exact) mass is 206 g/mol. The van der Waals surface area contributed by atoms with Gasteiger partial charge in [0.1, 0.15) is 12.2 Å². The molecule has 0 saturated heterocycles. The van der Waals surface area contributed by atoms with Crippen LogP contribution in [0.4, 0.5) is 0 Å². The van der Waals surface area contributed by atoms with Crippen LogP contribution in [0.1, 0.15) is 6.42 Å². The molecule has 0 aromatic rings. The van der Waals surface area contributed by atoms with Crippen LogP contribution in [0.5, 0.6) is 0 Å². The summed E-state index contributed by atoms with van der Waals surface area (Å²) in [6.45, 7) is 0. The van der Waals surface area contributed by atoms with Crippen LogP contribution in [-0.2, 0) is 9.53 Å². The number of hydrogen-bond donors (Lipinski definition) is 4. The summed E-state index contributed by atoms with van der Waals surface area (Å²) in [6, 6.07) is 0. The largest absolute Gasteiger partial charge is 0.469 e. The average Bonchev–Trinajstić information content (AvgIpc) is 2.19. The Morgan fingerprint density at radius 1 is 1.14 bits per heavy atom. The van der Waals surface area contributed by atoms with Crippen molar-refractivity contribution >= 4 is 5.97 Å². The minimum Gasteiger partial charge on any atom is -0.469 e. The third-order valence-corrected chi connectivity index (χ3v) is 2.51. The summed E-state index contributed by atoms with van der Waals surface area (Å²) >= 11 is 0. The van der Waals surface area contributed by atoms with E-state index in [9.17, 15) is 25.2 Å². The van der Waals surface area contributed by atoms with Crippen molar-refractivity contribution in [1.29, 1.82) is 0 Å². The predicted octanol–water partition coefficient (Wildman–Crippen LogP) is -2.38. The molecule has 0 spiro atoms. The van der Waals surface area contributed by atoms with Gasteiger partial charge < -0.3 is 25.2 Å². The van der Waals surface area contributed by atoms with Crippen molar-refractivity contribution in [3.8, 4) is 0 Å². The normalized spacial score (nSPS) is 43.4. The van der Waals surface area contributed by atoms with Gasteiger partial charge in [0, 0.05) is 0 Å². The summed E-state index contributed by atoms with van der Waals surface area (Å²) < 4.78 is 4.39. The summed E-state index contributed by atoms with van der Waals surface area (Å²) in [6.07, 6.45) is -5.70. The number of carbonyl (C=O) groups is 1. The number of hydrogen-bond acceptors (Lipinski definition) is 6. The van der Waals surface area contributed by atoms with E-state index in [0.29, 0.717) is 0 Å². The second-order valence-electron chi connectivity index (χ2n) is 3.40. The quantitative estimate of drug-likeness (QED) is 0.357. The number of esters is 1. The van der Waals surface area contributed by atoms with Crippen LogP contribution in [0.3, 0.4) is 0 Å². The van der Waals surface area contributed by atoms with Gasteiger partial charge in [-0.05, 0) is 6.42 Å². The van der Waals surface area contributed by atoms with Gasteiger partial charge >= 0.3 is 5.97 Å². The van der Waals surface area contributed by atoms with Gasteiger partial charge in [0.2, 0.25) is 0 Å². The van der Waals surface area contributed by atoms with Gasteiger partial charge in [-0.2, -0.15) is 0 Å². The number of rotatable bonds is 1. The summed E-state index contributed by atoms with van der Waals surface area (Å²) in [4.78, 5) is 11.1. The number of aliphatic hydroxyl groups is 4. The maximum absolute atomic E-state index is 11.1. The van der Waals surface area contributed by atoms with E-state index in [0.717, 1.165) is 7.11 Å². The third-order valence-electron chi connectivity index (χ3n) is 2.51. The topological polar surface area (TPSA) is 107 Å². The van der Waals surface area contributed by atoms with Crippen LogP contribution in [0.2, 0.25) is 0 Å². The highest BCUT2D eigenvalue weighted by Crippen LogP contribution is 2.26. The second kappa shape index (κ2) is 4.22. The van der Waals surface area contributed by atoms with Crippen LogP contribution in [-0.4, -0.2) is 57.9 Å². The Bertz CT molecular complexity index is 218. The van der Waals surface area contributed by atoms with Gasteiger partial charge in [0.25, 0.3) is 0 Å². The van der Waals surface area contributed by atoms with Gasteiger partial charge in [-0.15, -0.1) is 0 Å². The highest BCUT2D eigenvalue weighted by atomic mass is 16.5. The van der Waals surface area contributed by atoms with E-state index in [1.807, 2.05) is 0 Å². The minimum absolute atomic E-state index is 0.119. The van der Waals surface area contributed by atoms with Gasteiger partial charge in [-0.1, -0.05) is 0 Å². The van der Waals surface area contributed by atoms with E-state index in [2.05, 4.69) is 4.74 Å². The third kappa shape index (κ3) is 1.88. The molecule has 0 heterocycles. The first-order valence-corrected chi connectivity index (χ1v) is 4.29. The van der Waals surface area contributed by atoms with Crippen molar-refractivity contribution in [1.82, 2.24) is 0 Å². The molecule has 1 rings (SSSR count). The molecule has 6 nitrogen and oxygen atoms in total. The molecule has 0 aliphatic heterocycles. The van der Waals surface area contributed by atoms with Crippen LogP contribution < -0.4 is 0 Å². The van der Waals surface area contributed by atoms with Gasteiger partial charge in [0.15, 0.2) is 0 Å². The first-order valence-electron chi connectivity index (χ1n) is 4.29. The highest BCUT2D eigenvalue weighted by Gasteiger charge is 2.45. The zero-order valence-corrected chi connectivity index (χ0v) is 7.70. The Labute approximate surface area is 80.7 Å². The molecule has 6 heteroatoms. The Morgan fingerprint density at radius 2 is 1.71 bits per heavy atom. The lowest BCUT2D eigenvalue weighted by atomic mass is 9.81. The van der Waals surface area contributed by atoms with E-state index in [-0.39, 0.29) is 6.42 Å². The summed E-state index contributed by atoms with van der Waals surface area (Å²) in [5.41, 5.74) is 0. The molecule has 1 saturated carbocycles. The van der Waals surface area contributed by atoms with Crippen molar-refractivity contribution < 1.29 is 30.0 Å². The molecule has 0 radical (unpaired) electrons. The van der Waals surface area contributed by atoms with Crippen LogP contribution in [0, 0.1) is 5.92 Å². The van der Waals surface area contributed by atoms with Crippen molar-refractivity contribution in [3.05, 3.63) is 0 Å². The molecule has 0 bridgehead atoms. The molecule has 1 aliphatic carbocycles. The van der Waals surface area contributed by atoms with Crippen molar-refractivity contribution in [2.45, 2.75) is 30.8 Å². The van der Waals surface area contributed by atoms with E-state index >= 15 is 0 Å². The first kappa shape index (κ1) is 11.4. The fourth-order valence-corrected chi connectivity index (χ4v) is 1.59. The molecular formula is C8H14O6. The number of methoxy groups -OCH3 is 1. The van der Waals surface area contributed by atoms with Crippen LogP contribution in [0.25, 0.3) is 0 Å². The predicted molar refractivity (Wildman–Crippen MR) is 44.2 cm³/mol. The molecule has 82 valence electrons. The standard InChI is InChI=1S/C8H14O6/c1-14-8(13)3-2-4(9)6(11)7(12)5(3)10/h3-7,9-12H,2H2,1H3/t3?,4?,5-,6+,7?/m0/s1. The van der Waals surface area contributed by atoms with Gasteiger partial charge in [-0.3, -0.25) is 4.79 Å².